The van der Waals surface area contributed by atoms with Gasteiger partial charge in [0, 0.05) is 19.4 Å². The Kier molecular flexibility index (Phi) is 40.6. The van der Waals surface area contributed by atoms with Crippen LogP contribution in [0.2, 0.25) is 0 Å². The van der Waals surface area contributed by atoms with Crippen molar-refractivity contribution in [2.75, 3.05) is 26.4 Å². The van der Waals surface area contributed by atoms with Gasteiger partial charge < -0.3 is 25.2 Å². The number of aliphatic hydroxyl groups excluding tert-OH is 1. The Balaban J connectivity index is 4.25. The van der Waals surface area contributed by atoms with E-state index in [-0.39, 0.29) is 32.6 Å². The Morgan fingerprint density at radius 3 is 1.79 bits per heavy atom. The van der Waals surface area contributed by atoms with Crippen molar-refractivity contribution in [3.8, 4) is 0 Å². The lowest BCUT2D eigenvalue weighted by Crippen LogP contribution is -2.29. The highest BCUT2D eigenvalue weighted by Gasteiger charge is 2.26. The van der Waals surface area contributed by atoms with Gasteiger partial charge >= 0.3 is 19.8 Å². The molecular weight excluding hydrogens is 753 g/mol. The van der Waals surface area contributed by atoms with Crippen LogP contribution in [0, 0.1) is 0 Å². The van der Waals surface area contributed by atoms with Crippen molar-refractivity contribution in [3.05, 3.63) is 72.9 Å². The summed E-state index contributed by atoms with van der Waals surface area (Å²) in [5.74, 6) is -0.926. The number of hydrogen-bond donors (Lipinski definition) is 3. The van der Waals surface area contributed by atoms with Crippen LogP contribution in [0.25, 0.3) is 0 Å². The van der Waals surface area contributed by atoms with E-state index < -0.39 is 38.6 Å². The zero-order valence-corrected chi connectivity index (χ0v) is 37.3. The maximum absolute atomic E-state index is 12.6. The van der Waals surface area contributed by atoms with Gasteiger partial charge in [-0.3, -0.25) is 18.6 Å². The first kappa shape index (κ1) is 55.4. The van der Waals surface area contributed by atoms with Crippen molar-refractivity contribution in [2.45, 2.75) is 187 Å². The lowest BCUT2D eigenvalue weighted by molar-refractivity contribution is -0.161. The average Bonchev–Trinajstić information content (AvgIpc) is 3.21. The number of allylic oxidation sites excluding steroid dienone is 10. The summed E-state index contributed by atoms with van der Waals surface area (Å²) < 4.78 is 32.7. The number of rotatable bonds is 41. The zero-order chi connectivity index (χ0) is 42.6. The maximum atomic E-state index is 12.6. The van der Waals surface area contributed by atoms with E-state index in [1.807, 2.05) is 55.5 Å². The summed E-state index contributed by atoms with van der Waals surface area (Å²) in [5, 5.41) is 9.76. The first-order chi connectivity index (χ1) is 28.2. The number of nitrogens with two attached hydrogens (primary N) is 1. The maximum Gasteiger partial charge on any atom is 0.472 e. The molecule has 0 rings (SSSR count). The normalized spacial score (nSPS) is 14.5. The van der Waals surface area contributed by atoms with Crippen molar-refractivity contribution in [2.24, 2.45) is 5.73 Å². The number of unbranched alkanes of at least 4 members (excludes halogenated alkanes) is 16. The molecule has 0 spiro atoms. The van der Waals surface area contributed by atoms with Gasteiger partial charge in [0.25, 0.3) is 0 Å². The van der Waals surface area contributed by atoms with E-state index in [0.29, 0.717) is 25.7 Å². The predicted molar refractivity (Wildman–Crippen MR) is 239 cm³/mol. The topological polar surface area (TPSA) is 155 Å². The van der Waals surface area contributed by atoms with Crippen LogP contribution in [0.1, 0.15) is 174 Å². The Morgan fingerprint density at radius 1 is 0.621 bits per heavy atom. The molecular formula is C47H82NO9P. The summed E-state index contributed by atoms with van der Waals surface area (Å²) in [6.45, 7) is 3.40. The summed E-state index contributed by atoms with van der Waals surface area (Å²) in [6.07, 6.45) is 48.5. The number of esters is 2. The van der Waals surface area contributed by atoms with Crippen LogP contribution in [-0.2, 0) is 32.7 Å². The molecule has 0 heterocycles. The predicted octanol–water partition coefficient (Wildman–Crippen LogP) is 12.0. The van der Waals surface area contributed by atoms with E-state index in [4.69, 9.17) is 24.3 Å². The number of aliphatic hydroxyl groups is 1. The summed E-state index contributed by atoms with van der Waals surface area (Å²) >= 11 is 0. The third-order valence-electron chi connectivity index (χ3n) is 9.15. The summed E-state index contributed by atoms with van der Waals surface area (Å²) in [6, 6.07) is 0. The third kappa shape index (κ3) is 41.6. The van der Waals surface area contributed by atoms with Crippen molar-refractivity contribution >= 4 is 19.8 Å². The lowest BCUT2D eigenvalue weighted by atomic mass is 10.1. The molecule has 0 aliphatic carbocycles. The second kappa shape index (κ2) is 42.5. The summed E-state index contributed by atoms with van der Waals surface area (Å²) in [5.41, 5.74) is 5.34. The van der Waals surface area contributed by atoms with Crippen LogP contribution < -0.4 is 5.73 Å². The highest BCUT2D eigenvalue weighted by Crippen LogP contribution is 2.43. The minimum Gasteiger partial charge on any atom is -0.462 e. The smallest absolute Gasteiger partial charge is 0.462 e. The molecule has 0 radical (unpaired) electrons. The largest absolute Gasteiger partial charge is 0.472 e. The van der Waals surface area contributed by atoms with Crippen LogP contribution in [-0.4, -0.2) is 60.5 Å². The van der Waals surface area contributed by atoms with E-state index in [2.05, 4.69) is 31.2 Å². The van der Waals surface area contributed by atoms with Gasteiger partial charge in [0.1, 0.15) is 6.61 Å². The molecule has 0 bridgehead atoms. The van der Waals surface area contributed by atoms with Crippen LogP contribution in [0.4, 0.5) is 0 Å². The van der Waals surface area contributed by atoms with Crippen LogP contribution >= 0.6 is 7.82 Å². The third-order valence-corrected chi connectivity index (χ3v) is 10.1. The van der Waals surface area contributed by atoms with E-state index in [9.17, 15) is 24.2 Å². The van der Waals surface area contributed by atoms with Crippen LogP contribution in [0.15, 0.2) is 72.9 Å². The highest BCUT2D eigenvalue weighted by molar-refractivity contribution is 7.47. The van der Waals surface area contributed by atoms with Crippen molar-refractivity contribution in [1.29, 1.82) is 0 Å². The molecule has 4 N–H and O–H groups in total. The second-order valence-electron chi connectivity index (χ2n) is 14.7. The van der Waals surface area contributed by atoms with E-state index in [0.717, 1.165) is 38.5 Å². The van der Waals surface area contributed by atoms with Crippen LogP contribution in [0.5, 0.6) is 0 Å². The van der Waals surface area contributed by atoms with Gasteiger partial charge in [-0.05, 0) is 70.6 Å². The molecule has 10 nitrogen and oxygen atoms in total. The minimum atomic E-state index is -4.41. The van der Waals surface area contributed by atoms with Gasteiger partial charge in [0.05, 0.1) is 19.3 Å². The van der Waals surface area contributed by atoms with Crippen molar-refractivity contribution < 1.29 is 42.7 Å². The molecule has 0 saturated carbocycles. The fourth-order valence-corrected chi connectivity index (χ4v) is 6.57. The molecule has 3 atom stereocenters. The van der Waals surface area contributed by atoms with Gasteiger partial charge in [-0.1, -0.05) is 164 Å². The molecule has 0 amide bonds. The fraction of sp³-hybridized carbons (Fsp3) is 0.702. The van der Waals surface area contributed by atoms with E-state index in [1.165, 1.54) is 83.5 Å². The SMILES string of the molecule is CC/C=C\C(O)C/C=C/C=C\C/C=C\C/C=C\CCCC(=O)O[C@H](COC(=O)CCCCCCCCCCC/C=C\CCCCCCCC)COP(=O)(O)OCCN. The molecule has 334 valence electrons. The molecule has 11 heteroatoms. The number of ether oxygens (including phenoxy) is 2. The quantitative estimate of drug-likeness (QED) is 0.0178. The second-order valence-corrected chi connectivity index (χ2v) is 16.2. The van der Waals surface area contributed by atoms with Crippen molar-refractivity contribution in [1.82, 2.24) is 0 Å². The molecule has 0 aromatic rings. The first-order valence-electron chi connectivity index (χ1n) is 22.5. The monoisotopic (exact) mass is 836 g/mol. The van der Waals surface area contributed by atoms with Gasteiger partial charge in [-0.15, -0.1) is 0 Å². The molecule has 0 aliphatic rings. The van der Waals surface area contributed by atoms with Gasteiger partial charge in [-0.2, -0.15) is 0 Å². The standard InChI is InChI=1S/C47H82NO9P/c1-3-5-7-8-9-10-11-12-13-14-15-16-17-18-22-25-28-31-34-38-46(50)54-42-45(43-56-58(52,53)55-41-40-48)57-47(51)39-35-32-29-26-23-20-19-21-24-27-30-33-37-44(49)36-6-4-2/h6,12-13,19-20,24,26-27,29-30,33,36,44-45,49H,3-5,7-11,14-18,21-23,25,28,31-32,34-35,37-43,48H2,1-2H3,(H,52,53)/b13-12-,20-19-,27-24-,29-26-,33-30+,36-6-/t44?,45-/m1/s1. The Morgan fingerprint density at radius 2 is 1.16 bits per heavy atom. The Hall–Kier alpha value is -2.59. The van der Waals surface area contributed by atoms with E-state index >= 15 is 0 Å². The van der Waals surface area contributed by atoms with Gasteiger partial charge in [-0.25, -0.2) is 4.57 Å². The summed E-state index contributed by atoms with van der Waals surface area (Å²) in [7, 11) is -4.41. The molecule has 2 unspecified atom stereocenters. The molecule has 0 aromatic heterocycles. The van der Waals surface area contributed by atoms with Crippen molar-refractivity contribution in [3.63, 3.8) is 0 Å². The molecule has 0 aromatic carbocycles. The molecule has 0 fully saturated rings. The number of carbonyl (C=O) groups excluding carboxylic acids is 2. The van der Waals surface area contributed by atoms with Gasteiger partial charge in [0.15, 0.2) is 6.10 Å². The Bertz CT molecular complexity index is 1200. The number of carbonyl (C=O) groups is 2. The Labute approximate surface area is 353 Å². The molecule has 0 saturated heterocycles. The average molecular weight is 836 g/mol. The molecule has 58 heavy (non-hydrogen) atoms. The molecule has 0 aliphatic heterocycles. The highest BCUT2D eigenvalue weighted by atomic mass is 31.2. The summed E-state index contributed by atoms with van der Waals surface area (Å²) in [4.78, 5) is 34.9. The van der Waals surface area contributed by atoms with E-state index in [1.54, 1.807) is 0 Å². The van der Waals surface area contributed by atoms with Gasteiger partial charge in [0.2, 0.25) is 0 Å². The van der Waals surface area contributed by atoms with Crippen LogP contribution in [0.3, 0.4) is 0 Å². The number of hydrogen-bond acceptors (Lipinski definition) is 9. The minimum absolute atomic E-state index is 0.0339. The lowest BCUT2D eigenvalue weighted by Gasteiger charge is -2.19. The number of phosphoric ester groups is 1. The first-order valence-corrected chi connectivity index (χ1v) is 24.0. The number of phosphoric acid groups is 1. The fourth-order valence-electron chi connectivity index (χ4n) is 5.80. The zero-order valence-electron chi connectivity index (χ0n) is 36.4.